The number of nitrogens with zero attached hydrogens (tertiary/aromatic N) is 1. The molecule has 0 spiro atoms. The average molecular weight is 724 g/mol. The molecule has 10 aromatic rings. The summed E-state index contributed by atoms with van der Waals surface area (Å²) in [7, 11) is 0. The highest BCUT2D eigenvalue weighted by molar-refractivity contribution is 6.05. The first-order valence-corrected chi connectivity index (χ1v) is 19.7. The molecule has 0 radical (unpaired) electrons. The van der Waals surface area contributed by atoms with Crippen LogP contribution in [0.2, 0.25) is 0 Å². The first-order chi connectivity index (χ1) is 28.3. The van der Waals surface area contributed by atoms with Crippen LogP contribution in [0.3, 0.4) is 0 Å². The van der Waals surface area contributed by atoms with Gasteiger partial charge in [-0.1, -0.05) is 200 Å². The molecule has 0 saturated heterocycles. The highest BCUT2D eigenvalue weighted by Gasteiger charge is 2.46. The van der Waals surface area contributed by atoms with Crippen molar-refractivity contribution < 1.29 is 0 Å². The van der Waals surface area contributed by atoms with Crippen molar-refractivity contribution in [2.75, 3.05) is 0 Å². The van der Waals surface area contributed by atoms with E-state index in [1.807, 2.05) is 0 Å². The van der Waals surface area contributed by atoms with E-state index in [2.05, 4.69) is 224 Å². The molecule has 9 aromatic carbocycles. The van der Waals surface area contributed by atoms with Crippen molar-refractivity contribution in [2.24, 2.45) is 0 Å². The molecule has 1 heteroatoms. The number of hydrogen-bond acceptors (Lipinski definition) is 1. The van der Waals surface area contributed by atoms with E-state index in [1.54, 1.807) is 0 Å². The summed E-state index contributed by atoms with van der Waals surface area (Å²) < 4.78 is 0. The summed E-state index contributed by atoms with van der Waals surface area (Å²) in [5, 5.41) is 4.97. The highest BCUT2D eigenvalue weighted by atomic mass is 14.7. The molecule has 0 unspecified atom stereocenters. The first kappa shape index (κ1) is 33.0. The van der Waals surface area contributed by atoms with Crippen molar-refractivity contribution in [3.63, 3.8) is 0 Å². The predicted octanol–water partition coefficient (Wildman–Crippen LogP) is 14.4. The molecule has 1 heterocycles. The minimum Gasteiger partial charge on any atom is -0.248 e. The smallest absolute Gasteiger partial charge is 0.0715 e. The fourth-order valence-corrected chi connectivity index (χ4v) is 9.36. The molecule has 11 rings (SSSR count). The van der Waals surface area contributed by atoms with Gasteiger partial charge in [-0.05, 0) is 101 Å². The van der Waals surface area contributed by atoms with E-state index in [0.717, 1.165) is 28.1 Å². The predicted molar refractivity (Wildman–Crippen MR) is 238 cm³/mol. The highest BCUT2D eigenvalue weighted by Crippen LogP contribution is 2.58. The van der Waals surface area contributed by atoms with Gasteiger partial charge in [-0.2, -0.15) is 0 Å². The molecule has 57 heavy (non-hydrogen) atoms. The van der Waals surface area contributed by atoms with Crippen LogP contribution in [0.25, 0.3) is 77.4 Å². The van der Waals surface area contributed by atoms with E-state index < -0.39 is 5.41 Å². The molecule has 1 aliphatic carbocycles. The standard InChI is InChI=1S/C56H37N/c1-4-16-38(17-5-1)41-21-14-22-42(34-41)53-36-44(48-29-15-20-39-18-10-12-27-47(39)48)37-54(57-53)43-30-32-50-52(35-43)56(45-23-6-2-7-24-45,46-25-8-3-9-26-46)51-33-31-40-19-11-13-28-49(40)55(50)51/h1-37H. The van der Waals surface area contributed by atoms with Gasteiger partial charge >= 0.3 is 0 Å². The zero-order chi connectivity index (χ0) is 37.8. The molecule has 1 nitrogen and oxygen atoms in total. The van der Waals surface area contributed by atoms with Gasteiger partial charge in [0.05, 0.1) is 16.8 Å². The molecule has 0 amide bonds. The summed E-state index contributed by atoms with van der Waals surface area (Å²) in [6, 6.07) is 81.9. The first-order valence-electron chi connectivity index (χ1n) is 19.7. The van der Waals surface area contributed by atoms with Gasteiger partial charge in [-0.3, -0.25) is 0 Å². The van der Waals surface area contributed by atoms with Crippen molar-refractivity contribution in [1.82, 2.24) is 4.98 Å². The summed E-state index contributed by atoms with van der Waals surface area (Å²) in [5.41, 5.74) is 15.9. The van der Waals surface area contributed by atoms with Crippen molar-refractivity contribution >= 4 is 21.5 Å². The minimum atomic E-state index is -0.534. The molecular formula is C56H37N. The SMILES string of the molecule is c1ccc(-c2cccc(-c3cc(-c4cccc5ccccc45)cc(-c4ccc5c(c4)C(c4ccccc4)(c4ccccc4)c4ccc6ccccc6c4-5)n3)c2)cc1. The summed E-state index contributed by atoms with van der Waals surface area (Å²) in [6.07, 6.45) is 0. The van der Waals surface area contributed by atoms with Gasteiger partial charge in [0.1, 0.15) is 0 Å². The van der Waals surface area contributed by atoms with Crippen LogP contribution in [0.1, 0.15) is 22.3 Å². The second-order valence-electron chi connectivity index (χ2n) is 15.1. The van der Waals surface area contributed by atoms with Gasteiger partial charge in [0.25, 0.3) is 0 Å². The van der Waals surface area contributed by atoms with E-state index in [1.165, 1.54) is 71.6 Å². The number of benzene rings is 9. The molecule has 0 saturated carbocycles. The maximum atomic E-state index is 5.53. The lowest BCUT2D eigenvalue weighted by atomic mass is 9.67. The molecule has 0 bridgehead atoms. The van der Waals surface area contributed by atoms with E-state index in [4.69, 9.17) is 4.98 Å². The maximum absolute atomic E-state index is 5.53. The molecule has 0 fully saturated rings. The number of aromatic nitrogens is 1. The van der Waals surface area contributed by atoms with E-state index in [0.29, 0.717) is 0 Å². The fourth-order valence-electron chi connectivity index (χ4n) is 9.36. The Bertz CT molecular complexity index is 3060. The lowest BCUT2D eigenvalue weighted by Crippen LogP contribution is -2.28. The molecular weight excluding hydrogens is 687 g/mol. The number of fused-ring (bicyclic) bond motifs is 6. The molecule has 0 atom stereocenters. The van der Waals surface area contributed by atoms with Crippen LogP contribution in [0, 0.1) is 0 Å². The largest absolute Gasteiger partial charge is 0.248 e. The van der Waals surface area contributed by atoms with E-state index in [-0.39, 0.29) is 0 Å². The number of hydrogen-bond donors (Lipinski definition) is 0. The Morgan fingerprint density at radius 1 is 0.298 bits per heavy atom. The molecule has 0 aliphatic heterocycles. The van der Waals surface area contributed by atoms with Gasteiger partial charge in [0.15, 0.2) is 0 Å². The van der Waals surface area contributed by atoms with Gasteiger partial charge in [0, 0.05) is 11.1 Å². The van der Waals surface area contributed by atoms with Crippen LogP contribution in [0.4, 0.5) is 0 Å². The maximum Gasteiger partial charge on any atom is 0.0715 e. The van der Waals surface area contributed by atoms with Crippen LogP contribution < -0.4 is 0 Å². The third kappa shape index (κ3) is 5.35. The Labute approximate surface area is 333 Å². The topological polar surface area (TPSA) is 12.9 Å². The summed E-state index contributed by atoms with van der Waals surface area (Å²) >= 11 is 0. The van der Waals surface area contributed by atoms with Crippen LogP contribution >= 0.6 is 0 Å². The normalized spacial score (nSPS) is 12.7. The Hall–Kier alpha value is -7.35. The lowest BCUT2D eigenvalue weighted by Gasteiger charge is -2.34. The Balaban J connectivity index is 1.19. The van der Waals surface area contributed by atoms with Crippen LogP contribution in [0.15, 0.2) is 224 Å². The minimum absolute atomic E-state index is 0.534. The quantitative estimate of drug-likeness (QED) is 0.166. The van der Waals surface area contributed by atoms with E-state index >= 15 is 0 Å². The second-order valence-corrected chi connectivity index (χ2v) is 15.1. The zero-order valence-corrected chi connectivity index (χ0v) is 31.3. The van der Waals surface area contributed by atoms with Crippen molar-refractivity contribution in [2.45, 2.75) is 5.41 Å². The van der Waals surface area contributed by atoms with Gasteiger partial charge < -0.3 is 0 Å². The van der Waals surface area contributed by atoms with Crippen LogP contribution in [0.5, 0.6) is 0 Å². The Morgan fingerprint density at radius 2 is 0.842 bits per heavy atom. The molecule has 1 aliphatic rings. The van der Waals surface area contributed by atoms with Gasteiger partial charge in [-0.15, -0.1) is 0 Å². The van der Waals surface area contributed by atoms with Gasteiger partial charge in [-0.25, -0.2) is 4.98 Å². The monoisotopic (exact) mass is 723 g/mol. The van der Waals surface area contributed by atoms with Crippen LogP contribution in [-0.4, -0.2) is 4.98 Å². The summed E-state index contributed by atoms with van der Waals surface area (Å²) in [4.78, 5) is 5.53. The second kappa shape index (κ2) is 13.4. The van der Waals surface area contributed by atoms with Gasteiger partial charge in [0.2, 0.25) is 0 Å². The van der Waals surface area contributed by atoms with Crippen molar-refractivity contribution in [1.29, 1.82) is 0 Å². The fraction of sp³-hybridized carbons (Fsp3) is 0.0179. The van der Waals surface area contributed by atoms with E-state index in [9.17, 15) is 0 Å². The lowest BCUT2D eigenvalue weighted by molar-refractivity contribution is 0.769. The van der Waals surface area contributed by atoms with Crippen LogP contribution in [-0.2, 0) is 5.41 Å². The third-order valence-corrected chi connectivity index (χ3v) is 11.9. The average Bonchev–Trinajstić information content (AvgIpc) is 3.60. The molecule has 1 aromatic heterocycles. The Kier molecular flexibility index (Phi) is 7.79. The summed E-state index contributed by atoms with van der Waals surface area (Å²) in [6.45, 7) is 0. The zero-order valence-electron chi connectivity index (χ0n) is 31.3. The molecule has 266 valence electrons. The van der Waals surface area contributed by atoms with Crippen molar-refractivity contribution in [3.8, 4) is 55.9 Å². The third-order valence-electron chi connectivity index (χ3n) is 11.9. The number of rotatable bonds is 6. The summed E-state index contributed by atoms with van der Waals surface area (Å²) in [5.74, 6) is 0. The number of pyridine rings is 1. The Morgan fingerprint density at radius 3 is 1.56 bits per heavy atom. The molecule has 0 N–H and O–H groups in total. The van der Waals surface area contributed by atoms with Crippen molar-refractivity contribution in [3.05, 3.63) is 247 Å².